The van der Waals surface area contributed by atoms with Crippen LogP contribution in [0.1, 0.15) is 2.74 Å². The first-order valence-corrected chi connectivity index (χ1v) is 0.762. The molecule has 0 aromatic heterocycles. The highest BCUT2D eigenvalue weighted by atomic mass is 16.3. The summed E-state index contributed by atoms with van der Waals surface area (Å²) < 4.78 is 12.4. The quantitative estimate of drug-likeness (QED) is 0.348. The highest BCUT2D eigenvalue weighted by Crippen LogP contribution is 1.43. The molecule has 0 spiro atoms. The van der Waals surface area contributed by atoms with Crippen molar-refractivity contribution in [3.8, 4) is 0 Å². The molecule has 0 aliphatic carbocycles. The molecule has 0 unspecified atom stereocenters. The molecule has 0 aromatic rings. The SMILES string of the molecule is [2H]C([2H])=C([NH2+])O. The van der Waals surface area contributed by atoms with E-state index in [9.17, 15) is 0 Å². The summed E-state index contributed by atoms with van der Waals surface area (Å²) in [5.74, 6) is -0.741. The van der Waals surface area contributed by atoms with Crippen LogP contribution < -0.4 is 5.73 Å². The van der Waals surface area contributed by atoms with Crippen LogP contribution in [0.25, 0.3) is 0 Å². The van der Waals surface area contributed by atoms with Gasteiger partial charge in [0.2, 0.25) is 0 Å². The van der Waals surface area contributed by atoms with E-state index in [2.05, 4.69) is 5.73 Å². The summed E-state index contributed by atoms with van der Waals surface area (Å²) in [7, 11) is 0. The van der Waals surface area contributed by atoms with E-state index in [0.29, 0.717) is 0 Å². The Bertz CT molecular complexity index is 61.6. The molecular weight excluding hydrogens is 54.0 g/mol. The van der Waals surface area contributed by atoms with E-state index in [0.717, 1.165) is 0 Å². The zero-order valence-electron chi connectivity index (χ0n) is 4.02. The van der Waals surface area contributed by atoms with E-state index in [1.165, 1.54) is 0 Å². The molecule has 0 saturated heterocycles. The van der Waals surface area contributed by atoms with Gasteiger partial charge in [-0.1, -0.05) is 0 Å². The summed E-state index contributed by atoms with van der Waals surface area (Å²) in [6.07, 6.45) is 0. The lowest BCUT2D eigenvalue weighted by molar-refractivity contribution is -0.347. The van der Waals surface area contributed by atoms with Crippen molar-refractivity contribution in [1.29, 1.82) is 0 Å². The van der Waals surface area contributed by atoms with Crippen LogP contribution in [-0.4, -0.2) is 5.11 Å². The third kappa shape index (κ3) is 1.50. The molecule has 0 fully saturated rings. The third-order valence-corrected chi connectivity index (χ3v) is 0. The monoisotopic (exact) mass is 61.0 g/mol. The summed E-state index contributed by atoms with van der Waals surface area (Å²) in [4.78, 5) is 0. The fraction of sp³-hybridized carbons (Fsp3) is 0. The summed E-state index contributed by atoms with van der Waals surface area (Å²) >= 11 is 0. The number of rotatable bonds is 0. The van der Waals surface area contributed by atoms with Crippen LogP contribution in [0.4, 0.5) is 0 Å². The van der Waals surface area contributed by atoms with Crippen molar-refractivity contribution in [2.75, 3.05) is 0 Å². The Morgan fingerprint density at radius 3 is 2.75 bits per heavy atom. The zero-order valence-corrected chi connectivity index (χ0v) is 2.02. The van der Waals surface area contributed by atoms with Crippen molar-refractivity contribution < 1.29 is 13.6 Å². The van der Waals surface area contributed by atoms with Gasteiger partial charge in [-0.25, -0.2) is 0 Å². The molecule has 2 heteroatoms. The van der Waals surface area contributed by atoms with Crippen molar-refractivity contribution in [2.45, 2.75) is 0 Å². The Labute approximate surface area is 27.4 Å². The Kier molecular flexibility index (Phi) is 0.243. The Morgan fingerprint density at radius 2 is 2.75 bits per heavy atom. The lowest BCUT2D eigenvalue weighted by atomic mass is 11.0. The predicted octanol–water partition coefficient (Wildman–Crippen LogP) is -0.957. The summed E-state index contributed by atoms with van der Waals surface area (Å²) in [5, 5.41) is 7.91. The molecule has 0 amide bonds. The normalized spacial score (nSPS) is 12.2. The van der Waals surface area contributed by atoms with Crippen LogP contribution in [0.2, 0.25) is 0 Å². The maximum absolute atomic E-state index is 7.91. The van der Waals surface area contributed by atoms with Gasteiger partial charge in [0.05, 0.1) is 2.74 Å². The fourth-order valence-corrected chi connectivity index (χ4v) is 0. The molecule has 0 aromatic carbocycles. The average Bonchev–Trinajstić information content (AvgIpc) is 1.36. The largest absolute Gasteiger partial charge is 0.464 e. The molecule has 0 aliphatic heterocycles. The van der Waals surface area contributed by atoms with E-state index in [-0.39, 0.29) is 0 Å². The lowest BCUT2D eigenvalue weighted by Gasteiger charge is -1.58. The molecule has 0 heterocycles. The molecule has 4 heavy (non-hydrogen) atoms. The molecule has 2 nitrogen and oxygen atoms in total. The average molecular weight is 61.1 g/mol. The number of aliphatic hydroxyl groups excluding tert-OH is 1. The van der Waals surface area contributed by atoms with Gasteiger partial charge in [-0.15, -0.1) is 5.73 Å². The smallest absolute Gasteiger partial charge is 0.327 e. The van der Waals surface area contributed by atoms with Gasteiger partial charge < -0.3 is 5.11 Å². The van der Waals surface area contributed by atoms with Crippen molar-refractivity contribution in [3.63, 3.8) is 0 Å². The Hall–Kier alpha value is -0.500. The topological polar surface area (TPSA) is 45.5 Å². The summed E-state index contributed by atoms with van der Waals surface area (Å²) in [6, 6.07) is 0. The minimum Gasteiger partial charge on any atom is -0.464 e. The van der Waals surface area contributed by atoms with Crippen LogP contribution in [0.5, 0.6) is 0 Å². The number of hydrogen-bond donors (Lipinski definition) is 2. The van der Waals surface area contributed by atoms with Crippen LogP contribution in [0, 0.1) is 0 Å². The molecular formula is C2H5NO+. The van der Waals surface area contributed by atoms with Crippen LogP contribution in [0.15, 0.2) is 12.4 Å². The summed E-state index contributed by atoms with van der Waals surface area (Å²) in [5.41, 5.74) is 4.50. The van der Waals surface area contributed by atoms with Crippen molar-refractivity contribution in [1.82, 2.24) is 0 Å². The van der Waals surface area contributed by atoms with Gasteiger partial charge in [-0.05, 0) is 0 Å². The molecule has 1 radical (unpaired) electrons. The van der Waals surface area contributed by atoms with Crippen molar-refractivity contribution >= 4 is 0 Å². The first-order chi connectivity index (χ1) is 2.64. The highest BCUT2D eigenvalue weighted by molar-refractivity contribution is 4.51. The molecule has 0 rings (SSSR count). The second-order valence-electron chi connectivity index (χ2n) is 0.385. The molecule has 3 N–H and O–H groups in total. The standard InChI is InChI=1S/C2H5NO/c1-2(3)4/h4H,1,3H2/q+1/i1D2. The second kappa shape index (κ2) is 0.900. The second-order valence-corrected chi connectivity index (χ2v) is 0.385. The minimum absolute atomic E-state index is 0.741. The van der Waals surface area contributed by atoms with Gasteiger partial charge in [0.1, 0.15) is 0 Å². The number of hydrogen-bond acceptors (Lipinski definition) is 2. The van der Waals surface area contributed by atoms with E-state index in [1.807, 2.05) is 0 Å². The highest BCUT2D eigenvalue weighted by Gasteiger charge is 1.66. The third-order valence-electron chi connectivity index (χ3n) is 0. The van der Waals surface area contributed by atoms with Gasteiger partial charge in [0.15, 0.2) is 0 Å². The van der Waals surface area contributed by atoms with E-state index in [1.54, 1.807) is 0 Å². The van der Waals surface area contributed by atoms with Crippen molar-refractivity contribution in [2.24, 2.45) is 0 Å². The van der Waals surface area contributed by atoms with Gasteiger partial charge >= 0.3 is 5.88 Å². The predicted molar refractivity (Wildman–Crippen MR) is 13.7 cm³/mol. The molecule has 0 atom stereocenters. The number of nitrogens with two attached hydrogens (primary N) is 1. The minimum atomic E-state index is -0.741. The molecule has 0 saturated carbocycles. The van der Waals surface area contributed by atoms with Gasteiger partial charge in [0.25, 0.3) is 0 Å². The van der Waals surface area contributed by atoms with E-state index >= 15 is 0 Å². The lowest BCUT2D eigenvalue weighted by Crippen LogP contribution is -2.46. The zero-order chi connectivity index (χ0) is 5.15. The maximum Gasteiger partial charge on any atom is 0.327 e. The van der Waals surface area contributed by atoms with Crippen LogP contribution >= 0.6 is 0 Å². The molecule has 0 aliphatic rings. The van der Waals surface area contributed by atoms with E-state index in [4.69, 9.17) is 7.85 Å². The fourth-order valence-electron chi connectivity index (χ4n) is 0. The molecule has 23 valence electrons. The van der Waals surface area contributed by atoms with E-state index < -0.39 is 12.4 Å². The molecule has 0 bridgehead atoms. The van der Waals surface area contributed by atoms with Crippen molar-refractivity contribution in [3.05, 3.63) is 12.4 Å². The Morgan fingerprint density at radius 1 is 2.50 bits per heavy atom. The van der Waals surface area contributed by atoms with Gasteiger partial charge in [-0.2, -0.15) is 0 Å². The first-order valence-electron chi connectivity index (χ1n) is 1.76. The van der Waals surface area contributed by atoms with Gasteiger partial charge in [-0.3, -0.25) is 0 Å². The maximum atomic E-state index is 7.91. The first kappa shape index (κ1) is 1.08. The Balaban J connectivity index is 3.68. The van der Waals surface area contributed by atoms with Crippen LogP contribution in [0.3, 0.4) is 0 Å². The number of aliphatic hydroxyl groups is 1. The van der Waals surface area contributed by atoms with Crippen LogP contribution in [-0.2, 0) is 0 Å². The summed E-state index contributed by atoms with van der Waals surface area (Å²) in [6.45, 7) is -0.741. The van der Waals surface area contributed by atoms with Gasteiger partial charge in [0, 0.05) is 6.53 Å².